The van der Waals surface area contributed by atoms with Crippen molar-refractivity contribution in [2.45, 2.75) is 44.9 Å². The zero-order valence-corrected chi connectivity index (χ0v) is 13.1. The van der Waals surface area contributed by atoms with Crippen molar-refractivity contribution in [1.82, 2.24) is 15.0 Å². The first-order chi connectivity index (χ1) is 11.4. The number of benzene rings is 1. The van der Waals surface area contributed by atoms with Gasteiger partial charge in [-0.15, -0.1) is 5.10 Å². The zero-order chi connectivity index (χ0) is 15.5. The zero-order valence-electron chi connectivity index (χ0n) is 13.1. The van der Waals surface area contributed by atoms with E-state index in [-0.39, 0.29) is 6.10 Å². The summed E-state index contributed by atoms with van der Waals surface area (Å²) in [6, 6.07) is 8.04. The van der Waals surface area contributed by atoms with Crippen LogP contribution in [0, 0.1) is 0 Å². The molecule has 2 heterocycles. The third-order valence-corrected chi connectivity index (χ3v) is 4.38. The van der Waals surface area contributed by atoms with E-state index in [2.05, 4.69) is 16.4 Å². The first kappa shape index (κ1) is 14.5. The fraction of sp³-hybridized carbons (Fsp3) is 0.444. The van der Waals surface area contributed by atoms with Crippen molar-refractivity contribution in [2.75, 3.05) is 6.61 Å². The highest BCUT2D eigenvalue weighted by molar-refractivity contribution is 5.62. The van der Waals surface area contributed by atoms with Crippen molar-refractivity contribution in [3.8, 4) is 5.75 Å². The molecule has 1 unspecified atom stereocenters. The van der Waals surface area contributed by atoms with Crippen molar-refractivity contribution in [1.29, 1.82) is 0 Å². The van der Waals surface area contributed by atoms with Gasteiger partial charge in [0.05, 0.1) is 26.0 Å². The van der Waals surface area contributed by atoms with Crippen molar-refractivity contribution in [3.63, 3.8) is 0 Å². The lowest BCUT2D eigenvalue weighted by atomic mass is 9.98. The fourth-order valence-corrected chi connectivity index (χ4v) is 3.16. The standard InChI is InChI=1S/C18H21N3O2/c1-2-6-14(7-3-1)17-11-21(20-19-17)10-16-13-22-12-15-8-4-5-9-18(15)23-16/h4-6,8-9,11,16H,1-3,7,10,12-13H2. The monoisotopic (exact) mass is 311 g/mol. The lowest BCUT2D eigenvalue weighted by molar-refractivity contribution is 0.0498. The van der Waals surface area contributed by atoms with E-state index < -0.39 is 0 Å². The van der Waals surface area contributed by atoms with E-state index in [0.717, 1.165) is 29.8 Å². The van der Waals surface area contributed by atoms with Gasteiger partial charge in [0.1, 0.15) is 17.5 Å². The minimum absolute atomic E-state index is 0.0477. The second-order valence-corrected chi connectivity index (χ2v) is 6.16. The van der Waals surface area contributed by atoms with E-state index in [1.54, 1.807) is 0 Å². The fourth-order valence-electron chi connectivity index (χ4n) is 3.16. The molecule has 0 fully saturated rings. The second kappa shape index (κ2) is 6.54. The van der Waals surface area contributed by atoms with E-state index in [1.165, 1.54) is 18.4 Å². The molecule has 2 aromatic rings. The Labute approximate surface area is 135 Å². The van der Waals surface area contributed by atoms with Crippen molar-refractivity contribution in [3.05, 3.63) is 47.8 Å². The molecule has 5 nitrogen and oxygen atoms in total. The molecule has 0 N–H and O–H groups in total. The Balaban J connectivity index is 1.46. The molecule has 1 atom stereocenters. The van der Waals surface area contributed by atoms with Gasteiger partial charge in [0.15, 0.2) is 0 Å². The number of allylic oxidation sites excluding steroid dienone is 2. The lowest BCUT2D eigenvalue weighted by Gasteiger charge is -2.16. The van der Waals surface area contributed by atoms with Gasteiger partial charge in [-0.05, 0) is 37.3 Å². The van der Waals surface area contributed by atoms with Crippen LogP contribution in [0.15, 0.2) is 36.5 Å². The summed E-state index contributed by atoms with van der Waals surface area (Å²) in [5, 5.41) is 8.58. The number of hydrogen-bond acceptors (Lipinski definition) is 4. The van der Waals surface area contributed by atoms with Crippen LogP contribution in [0.5, 0.6) is 5.75 Å². The van der Waals surface area contributed by atoms with Crippen LogP contribution in [-0.4, -0.2) is 27.7 Å². The molecule has 0 saturated heterocycles. The lowest BCUT2D eigenvalue weighted by Crippen LogP contribution is -2.27. The number of rotatable bonds is 3. The Hall–Kier alpha value is -2.14. The van der Waals surface area contributed by atoms with E-state index in [9.17, 15) is 0 Å². The number of para-hydroxylation sites is 1. The number of aromatic nitrogens is 3. The molecule has 5 heteroatoms. The molecule has 0 saturated carbocycles. The predicted octanol–water partition coefficient (Wildman–Crippen LogP) is 3.21. The highest BCUT2D eigenvalue weighted by Gasteiger charge is 2.19. The Kier molecular flexibility index (Phi) is 4.11. The quantitative estimate of drug-likeness (QED) is 0.873. The summed E-state index contributed by atoms with van der Waals surface area (Å²) in [6.45, 7) is 1.81. The number of nitrogens with zero attached hydrogens (tertiary/aromatic N) is 3. The van der Waals surface area contributed by atoms with E-state index in [0.29, 0.717) is 19.8 Å². The molecule has 1 aliphatic carbocycles. The van der Waals surface area contributed by atoms with Crippen LogP contribution >= 0.6 is 0 Å². The molecule has 0 spiro atoms. The number of ether oxygens (including phenoxy) is 2. The molecule has 0 bridgehead atoms. The summed E-state index contributed by atoms with van der Waals surface area (Å²) < 4.78 is 13.7. The summed E-state index contributed by atoms with van der Waals surface area (Å²) in [4.78, 5) is 0. The number of hydrogen-bond donors (Lipinski definition) is 0. The maximum atomic E-state index is 6.09. The summed E-state index contributed by atoms with van der Waals surface area (Å²) in [5.41, 5.74) is 3.42. The highest BCUT2D eigenvalue weighted by atomic mass is 16.5. The van der Waals surface area contributed by atoms with Gasteiger partial charge in [0.25, 0.3) is 0 Å². The first-order valence-corrected chi connectivity index (χ1v) is 8.30. The van der Waals surface area contributed by atoms with Gasteiger partial charge in [0, 0.05) is 5.56 Å². The average molecular weight is 311 g/mol. The molecule has 0 radical (unpaired) electrons. The summed E-state index contributed by atoms with van der Waals surface area (Å²) in [5.74, 6) is 0.908. The van der Waals surface area contributed by atoms with Crippen molar-refractivity contribution >= 4 is 5.57 Å². The number of fused-ring (bicyclic) bond motifs is 1. The third kappa shape index (κ3) is 3.29. The van der Waals surface area contributed by atoms with Gasteiger partial charge in [-0.25, -0.2) is 4.68 Å². The Bertz CT molecular complexity index is 708. The Morgan fingerprint density at radius 1 is 1.22 bits per heavy atom. The molecule has 23 heavy (non-hydrogen) atoms. The molecule has 1 aromatic heterocycles. The highest BCUT2D eigenvalue weighted by Crippen LogP contribution is 2.26. The Morgan fingerprint density at radius 2 is 2.17 bits per heavy atom. The largest absolute Gasteiger partial charge is 0.486 e. The van der Waals surface area contributed by atoms with E-state index in [4.69, 9.17) is 9.47 Å². The van der Waals surface area contributed by atoms with Crippen LogP contribution in [0.2, 0.25) is 0 Å². The predicted molar refractivity (Wildman–Crippen MR) is 87.0 cm³/mol. The normalized spacial score (nSPS) is 21.0. The molecule has 1 aliphatic heterocycles. The summed E-state index contributed by atoms with van der Waals surface area (Å²) in [6.07, 6.45) is 9.05. The molecule has 1 aromatic carbocycles. The summed E-state index contributed by atoms with van der Waals surface area (Å²) >= 11 is 0. The van der Waals surface area contributed by atoms with Gasteiger partial charge in [-0.2, -0.15) is 0 Å². The topological polar surface area (TPSA) is 49.2 Å². The van der Waals surface area contributed by atoms with Crippen LogP contribution in [0.3, 0.4) is 0 Å². The molecule has 120 valence electrons. The van der Waals surface area contributed by atoms with E-state index in [1.807, 2.05) is 35.1 Å². The maximum absolute atomic E-state index is 6.09. The van der Waals surface area contributed by atoms with Crippen LogP contribution in [0.25, 0.3) is 5.57 Å². The minimum Gasteiger partial charge on any atom is -0.486 e. The van der Waals surface area contributed by atoms with Crippen molar-refractivity contribution in [2.24, 2.45) is 0 Å². The molecule has 0 amide bonds. The van der Waals surface area contributed by atoms with Crippen LogP contribution in [-0.2, 0) is 17.9 Å². The van der Waals surface area contributed by atoms with Gasteiger partial charge in [-0.1, -0.05) is 29.5 Å². The van der Waals surface area contributed by atoms with Gasteiger partial charge in [-0.3, -0.25) is 0 Å². The molecule has 2 aliphatic rings. The average Bonchev–Trinajstić information content (AvgIpc) is 2.96. The Morgan fingerprint density at radius 3 is 3.09 bits per heavy atom. The van der Waals surface area contributed by atoms with Crippen LogP contribution < -0.4 is 4.74 Å². The maximum Gasteiger partial charge on any atom is 0.141 e. The smallest absolute Gasteiger partial charge is 0.141 e. The van der Waals surface area contributed by atoms with Crippen molar-refractivity contribution < 1.29 is 9.47 Å². The van der Waals surface area contributed by atoms with Crippen LogP contribution in [0.4, 0.5) is 0 Å². The van der Waals surface area contributed by atoms with Gasteiger partial charge >= 0.3 is 0 Å². The molecule has 4 rings (SSSR count). The third-order valence-electron chi connectivity index (χ3n) is 4.38. The van der Waals surface area contributed by atoms with Gasteiger partial charge < -0.3 is 9.47 Å². The second-order valence-electron chi connectivity index (χ2n) is 6.16. The first-order valence-electron chi connectivity index (χ1n) is 8.30. The summed E-state index contributed by atoms with van der Waals surface area (Å²) in [7, 11) is 0. The van der Waals surface area contributed by atoms with Crippen LogP contribution in [0.1, 0.15) is 36.9 Å². The minimum atomic E-state index is -0.0477. The van der Waals surface area contributed by atoms with E-state index >= 15 is 0 Å². The van der Waals surface area contributed by atoms with Gasteiger partial charge in [0.2, 0.25) is 0 Å². The SMILES string of the molecule is C1=C(c2cn(CC3COCc4ccccc4O3)nn2)CCCC1. The molecular weight excluding hydrogens is 290 g/mol. The molecular formula is C18H21N3O2.